The van der Waals surface area contributed by atoms with E-state index in [1.807, 2.05) is 56.6 Å². The van der Waals surface area contributed by atoms with Crippen LogP contribution < -0.4 is 5.32 Å². The molecule has 1 N–H and O–H groups in total. The number of carbonyl (C=O) groups excluding carboxylic acids is 1. The number of nitrogens with zero attached hydrogens (tertiary/aromatic N) is 4. The molecular formula is C22H26BrN5OS. The average molecular weight is 488 g/mol. The molecule has 0 saturated heterocycles. The standard InChI is InChI=1S/C22H26BrN5OS/c1-4-19(27(2)3)21-25-26-22(28(21)14-16-9-6-5-7-10-16)30-15-20(29)24-18-12-8-11-17(23)13-18/h5-13,19H,4,14-15H2,1-3H3,(H,24,29). The Morgan fingerprint density at radius 2 is 1.93 bits per heavy atom. The van der Waals surface area contributed by atoms with Gasteiger partial charge in [-0.3, -0.25) is 9.69 Å². The minimum absolute atomic E-state index is 0.0754. The monoisotopic (exact) mass is 487 g/mol. The zero-order valence-corrected chi connectivity index (χ0v) is 19.8. The maximum atomic E-state index is 12.5. The molecule has 1 aromatic heterocycles. The Morgan fingerprint density at radius 1 is 1.17 bits per heavy atom. The number of rotatable bonds is 9. The molecule has 0 spiro atoms. The van der Waals surface area contributed by atoms with E-state index in [0.29, 0.717) is 6.54 Å². The van der Waals surface area contributed by atoms with Gasteiger partial charge >= 0.3 is 0 Å². The molecule has 30 heavy (non-hydrogen) atoms. The van der Waals surface area contributed by atoms with Crippen LogP contribution in [0.5, 0.6) is 0 Å². The number of benzene rings is 2. The largest absolute Gasteiger partial charge is 0.325 e. The second-order valence-electron chi connectivity index (χ2n) is 7.15. The van der Waals surface area contributed by atoms with E-state index in [1.54, 1.807) is 0 Å². The fourth-order valence-electron chi connectivity index (χ4n) is 3.24. The van der Waals surface area contributed by atoms with Gasteiger partial charge in [0.2, 0.25) is 5.91 Å². The van der Waals surface area contributed by atoms with E-state index in [-0.39, 0.29) is 17.7 Å². The van der Waals surface area contributed by atoms with Gasteiger partial charge < -0.3 is 9.88 Å². The Morgan fingerprint density at radius 3 is 2.60 bits per heavy atom. The minimum atomic E-state index is -0.0754. The quantitative estimate of drug-likeness (QED) is 0.437. The first-order chi connectivity index (χ1) is 14.5. The van der Waals surface area contributed by atoms with Crippen molar-refractivity contribution < 1.29 is 4.79 Å². The van der Waals surface area contributed by atoms with E-state index in [4.69, 9.17) is 0 Å². The van der Waals surface area contributed by atoms with Crippen LogP contribution in [0.25, 0.3) is 0 Å². The maximum absolute atomic E-state index is 12.5. The molecule has 8 heteroatoms. The summed E-state index contributed by atoms with van der Waals surface area (Å²) < 4.78 is 3.05. The number of amides is 1. The molecule has 0 aliphatic heterocycles. The average Bonchev–Trinajstić information content (AvgIpc) is 3.10. The maximum Gasteiger partial charge on any atom is 0.234 e. The Bertz CT molecular complexity index is 977. The van der Waals surface area contributed by atoms with E-state index < -0.39 is 0 Å². The van der Waals surface area contributed by atoms with E-state index in [2.05, 4.69) is 60.0 Å². The molecule has 158 valence electrons. The first-order valence-corrected chi connectivity index (χ1v) is 11.6. The topological polar surface area (TPSA) is 63.1 Å². The van der Waals surface area contributed by atoms with Crippen molar-refractivity contribution in [1.82, 2.24) is 19.7 Å². The van der Waals surface area contributed by atoms with Crippen LogP contribution in [0.1, 0.15) is 30.8 Å². The first kappa shape index (κ1) is 22.5. The van der Waals surface area contributed by atoms with E-state index in [1.165, 1.54) is 17.3 Å². The van der Waals surface area contributed by atoms with Crippen molar-refractivity contribution in [1.29, 1.82) is 0 Å². The molecule has 1 unspecified atom stereocenters. The molecule has 0 aliphatic carbocycles. The Labute approximate surface area is 190 Å². The number of hydrogen-bond donors (Lipinski definition) is 1. The number of aromatic nitrogens is 3. The van der Waals surface area contributed by atoms with Gasteiger partial charge in [0.1, 0.15) is 0 Å². The van der Waals surface area contributed by atoms with E-state index in [0.717, 1.165) is 27.6 Å². The number of nitrogens with one attached hydrogen (secondary N) is 1. The molecule has 0 radical (unpaired) electrons. The smallest absolute Gasteiger partial charge is 0.234 e. The summed E-state index contributed by atoms with van der Waals surface area (Å²) in [5.41, 5.74) is 1.94. The van der Waals surface area contributed by atoms with Gasteiger partial charge in [0, 0.05) is 10.2 Å². The van der Waals surface area contributed by atoms with Gasteiger partial charge in [0.15, 0.2) is 11.0 Å². The van der Waals surface area contributed by atoms with Crippen molar-refractivity contribution in [2.75, 3.05) is 25.2 Å². The van der Waals surface area contributed by atoms with Crippen LogP contribution in [-0.2, 0) is 11.3 Å². The van der Waals surface area contributed by atoms with Gasteiger partial charge in [-0.2, -0.15) is 0 Å². The van der Waals surface area contributed by atoms with Crippen LogP contribution in [0.15, 0.2) is 64.2 Å². The lowest BCUT2D eigenvalue weighted by atomic mass is 10.2. The third-order valence-electron chi connectivity index (χ3n) is 4.68. The number of hydrogen-bond acceptors (Lipinski definition) is 5. The lowest BCUT2D eigenvalue weighted by molar-refractivity contribution is -0.113. The van der Waals surface area contributed by atoms with Crippen LogP contribution in [0.3, 0.4) is 0 Å². The van der Waals surface area contributed by atoms with E-state index >= 15 is 0 Å². The normalized spacial score (nSPS) is 12.2. The van der Waals surface area contributed by atoms with Gasteiger partial charge in [-0.05, 0) is 44.3 Å². The highest BCUT2D eigenvalue weighted by molar-refractivity contribution is 9.10. The summed E-state index contributed by atoms with van der Waals surface area (Å²) in [5.74, 6) is 1.10. The van der Waals surface area contributed by atoms with Crippen molar-refractivity contribution in [2.45, 2.75) is 31.1 Å². The summed E-state index contributed by atoms with van der Waals surface area (Å²) in [6, 6.07) is 18.0. The summed E-state index contributed by atoms with van der Waals surface area (Å²) in [6.45, 7) is 2.81. The first-order valence-electron chi connectivity index (χ1n) is 9.79. The second kappa shape index (κ2) is 10.7. The van der Waals surface area contributed by atoms with Crippen molar-refractivity contribution in [2.24, 2.45) is 0 Å². The fraction of sp³-hybridized carbons (Fsp3) is 0.318. The predicted octanol–water partition coefficient (Wildman–Crippen LogP) is 4.83. The van der Waals surface area contributed by atoms with Crippen LogP contribution in [-0.4, -0.2) is 45.4 Å². The SMILES string of the molecule is CCC(c1nnc(SCC(=O)Nc2cccc(Br)c2)n1Cc1ccccc1)N(C)C. The predicted molar refractivity (Wildman–Crippen MR) is 126 cm³/mol. The number of halogens is 1. The number of thioether (sulfide) groups is 1. The molecule has 0 fully saturated rings. The third-order valence-corrected chi connectivity index (χ3v) is 6.14. The van der Waals surface area contributed by atoms with Crippen molar-refractivity contribution >= 4 is 39.3 Å². The van der Waals surface area contributed by atoms with Gasteiger partial charge in [0.05, 0.1) is 18.3 Å². The number of carbonyl (C=O) groups is 1. The van der Waals surface area contributed by atoms with Crippen molar-refractivity contribution in [3.63, 3.8) is 0 Å². The van der Waals surface area contributed by atoms with Gasteiger partial charge in [-0.15, -0.1) is 10.2 Å². The summed E-state index contributed by atoms with van der Waals surface area (Å²) in [5, 5.41) is 12.6. The summed E-state index contributed by atoms with van der Waals surface area (Å²) in [7, 11) is 4.10. The molecule has 3 aromatic rings. The lowest BCUT2D eigenvalue weighted by Crippen LogP contribution is -2.23. The Balaban J connectivity index is 1.77. The van der Waals surface area contributed by atoms with Crippen LogP contribution in [0.2, 0.25) is 0 Å². The second-order valence-corrected chi connectivity index (χ2v) is 9.01. The molecule has 1 atom stereocenters. The molecule has 0 aliphatic rings. The fourth-order valence-corrected chi connectivity index (χ4v) is 4.38. The lowest BCUT2D eigenvalue weighted by Gasteiger charge is -2.23. The zero-order valence-electron chi connectivity index (χ0n) is 17.4. The van der Waals surface area contributed by atoms with Crippen LogP contribution in [0, 0.1) is 0 Å². The van der Waals surface area contributed by atoms with Gasteiger partial charge in [-0.25, -0.2) is 0 Å². The summed E-state index contributed by atoms with van der Waals surface area (Å²) >= 11 is 4.83. The Hall–Kier alpha value is -2.16. The molecule has 3 rings (SSSR count). The van der Waals surface area contributed by atoms with Crippen molar-refractivity contribution in [3.05, 3.63) is 70.5 Å². The molecule has 1 heterocycles. The zero-order chi connectivity index (χ0) is 21.5. The number of anilines is 1. The molecule has 2 aromatic carbocycles. The molecule has 0 bridgehead atoms. The molecular weight excluding hydrogens is 462 g/mol. The minimum Gasteiger partial charge on any atom is -0.325 e. The highest BCUT2D eigenvalue weighted by atomic mass is 79.9. The highest BCUT2D eigenvalue weighted by Gasteiger charge is 2.22. The van der Waals surface area contributed by atoms with Gasteiger partial charge in [-0.1, -0.05) is 71.0 Å². The van der Waals surface area contributed by atoms with Crippen LogP contribution >= 0.6 is 27.7 Å². The molecule has 0 saturated carbocycles. The van der Waals surface area contributed by atoms with Crippen LogP contribution in [0.4, 0.5) is 5.69 Å². The third kappa shape index (κ3) is 5.93. The Kier molecular flexibility index (Phi) is 8.07. The molecule has 6 nitrogen and oxygen atoms in total. The summed E-state index contributed by atoms with van der Waals surface area (Å²) in [4.78, 5) is 14.6. The molecule has 1 amide bonds. The van der Waals surface area contributed by atoms with E-state index in [9.17, 15) is 4.79 Å². The highest BCUT2D eigenvalue weighted by Crippen LogP contribution is 2.26. The summed E-state index contributed by atoms with van der Waals surface area (Å²) in [6.07, 6.45) is 0.925. The van der Waals surface area contributed by atoms with Crippen molar-refractivity contribution in [3.8, 4) is 0 Å². The van der Waals surface area contributed by atoms with Gasteiger partial charge in [0.25, 0.3) is 0 Å².